The van der Waals surface area contributed by atoms with E-state index < -0.39 is 10.0 Å². The quantitative estimate of drug-likeness (QED) is 0.747. The highest BCUT2D eigenvalue weighted by molar-refractivity contribution is 7.89. The Balaban J connectivity index is 2.31. The molecule has 0 amide bonds. The van der Waals surface area contributed by atoms with Crippen LogP contribution in [0.25, 0.3) is 0 Å². The summed E-state index contributed by atoms with van der Waals surface area (Å²) in [6.45, 7) is 2.65. The van der Waals surface area contributed by atoms with Gasteiger partial charge in [-0.2, -0.15) is 4.31 Å². The van der Waals surface area contributed by atoms with Crippen LogP contribution in [0.4, 0.5) is 0 Å². The maximum absolute atomic E-state index is 11.9. The molecule has 0 saturated carbocycles. The predicted molar refractivity (Wildman–Crippen MR) is 59.8 cm³/mol. The Bertz CT molecular complexity index is 501. The van der Waals surface area contributed by atoms with Gasteiger partial charge in [0.15, 0.2) is 5.78 Å². The summed E-state index contributed by atoms with van der Waals surface area (Å²) in [4.78, 5) is 11.3. The van der Waals surface area contributed by atoms with Crippen molar-refractivity contribution < 1.29 is 13.2 Å². The Morgan fingerprint density at radius 2 is 1.75 bits per heavy atom. The molecule has 0 unspecified atom stereocenters. The van der Waals surface area contributed by atoms with Gasteiger partial charge in [0.2, 0.25) is 10.0 Å². The molecule has 2 rings (SSSR count). The van der Waals surface area contributed by atoms with Crippen LogP contribution in [0.5, 0.6) is 0 Å². The molecule has 86 valence electrons. The van der Waals surface area contributed by atoms with Crippen LogP contribution in [-0.4, -0.2) is 31.6 Å². The van der Waals surface area contributed by atoms with E-state index in [2.05, 4.69) is 0 Å². The van der Waals surface area contributed by atoms with Crippen LogP contribution in [-0.2, 0) is 10.0 Å². The summed E-state index contributed by atoms with van der Waals surface area (Å²) in [7, 11) is -3.32. The van der Waals surface area contributed by atoms with Gasteiger partial charge in [0.1, 0.15) is 0 Å². The van der Waals surface area contributed by atoms with E-state index in [4.69, 9.17) is 0 Å². The van der Waals surface area contributed by atoms with Gasteiger partial charge < -0.3 is 0 Å². The average molecular weight is 239 g/mol. The van der Waals surface area contributed by atoms with Crippen molar-refractivity contribution >= 4 is 15.8 Å². The fourth-order valence-electron chi connectivity index (χ4n) is 1.54. The molecule has 1 aliphatic rings. The predicted octanol–water partition coefficient (Wildman–Crippen LogP) is 1.28. The summed E-state index contributed by atoms with van der Waals surface area (Å²) in [6, 6.07) is 6.08. The van der Waals surface area contributed by atoms with Gasteiger partial charge in [-0.05, 0) is 25.5 Å². The lowest BCUT2D eigenvalue weighted by Gasteiger charge is -2.29. The van der Waals surface area contributed by atoms with E-state index in [9.17, 15) is 13.2 Å². The molecule has 1 aromatic carbocycles. The molecule has 0 aliphatic carbocycles. The van der Waals surface area contributed by atoms with E-state index >= 15 is 0 Å². The minimum Gasteiger partial charge on any atom is -0.295 e. The van der Waals surface area contributed by atoms with Crippen molar-refractivity contribution in [3.8, 4) is 0 Å². The Hall–Kier alpha value is -1.20. The van der Waals surface area contributed by atoms with Crippen LogP contribution in [0.1, 0.15) is 23.7 Å². The molecular weight excluding hydrogens is 226 g/mol. The van der Waals surface area contributed by atoms with Gasteiger partial charge in [-0.25, -0.2) is 8.42 Å². The zero-order valence-corrected chi connectivity index (χ0v) is 9.83. The molecule has 1 saturated heterocycles. The standard InChI is InChI=1S/C11H13NO3S/c1-9(13)10-3-5-11(6-4-10)16(14,15)12-7-2-8-12/h3-6H,2,7-8H2,1H3. The van der Waals surface area contributed by atoms with Crippen molar-refractivity contribution in [2.75, 3.05) is 13.1 Å². The molecule has 1 heterocycles. The molecule has 4 nitrogen and oxygen atoms in total. The Kier molecular flexibility index (Phi) is 2.82. The second kappa shape index (κ2) is 3.99. The van der Waals surface area contributed by atoms with E-state index in [0.29, 0.717) is 18.7 Å². The topological polar surface area (TPSA) is 54.5 Å². The molecule has 0 aromatic heterocycles. The largest absolute Gasteiger partial charge is 0.295 e. The molecule has 1 aliphatic heterocycles. The minimum atomic E-state index is -3.32. The highest BCUT2D eigenvalue weighted by Crippen LogP contribution is 2.21. The minimum absolute atomic E-state index is 0.0621. The molecule has 16 heavy (non-hydrogen) atoms. The van der Waals surface area contributed by atoms with Crippen molar-refractivity contribution in [2.45, 2.75) is 18.2 Å². The number of carbonyl (C=O) groups is 1. The number of sulfonamides is 1. The maximum Gasteiger partial charge on any atom is 0.243 e. The Morgan fingerprint density at radius 3 is 2.12 bits per heavy atom. The highest BCUT2D eigenvalue weighted by atomic mass is 32.2. The van der Waals surface area contributed by atoms with E-state index in [-0.39, 0.29) is 10.7 Å². The van der Waals surface area contributed by atoms with Gasteiger partial charge in [-0.3, -0.25) is 4.79 Å². The number of benzene rings is 1. The second-order valence-electron chi connectivity index (χ2n) is 3.84. The lowest BCUT2D eigenvalue weighted by Crippen LogP contribution is -2.41. The molecule has 5 heteroatoms. The summed E-state index contributed by atoms with van der Waals surface area (Å²) in [5, 5.41) is 0. The Labute approximate surface area is 94.9 Å². The third-order valence-corrected chi connectivity index (χ3v) is 4.63. The number of nitrogens with zero attached hydrogens (tertiary/aromatic N) is 1. The smallest absolute Gasteiger partial charge is 0.243 e. The molecule has 0 radical (unpaired) electrons. The first-order chi connectivity index (χ1) is 7.51. The SMILES string of the molecule is CC(=O)c1ccc(S(=O)(=O)N2CCC2)cc1. The molecule has 0 spiro atoms. The molecule has 1 fully saturated rings. The third-order valence-electron chi connectivity index (χ3n) is 2.71. The number of carbonyl (C=O) groups excluding carboxylic acids is 1. The normalized spacial score (nSPS) is 16.8. The third kappa shape index (κ3) is 1.88. The van der Waals surface area contributed by atoms with Gasteiger partial charge in [-0.1, -0.05) is 12.1 Å². The summed E-state index contributed by atoms with van der Waals surface area (Å²) in [5.41, 5.74) is 0.530. The van der Waals surface area contributed by atoms with Crippen LogP contribution >= 0.6 is 0 Å². The lowest BCUT2D eigenvalue weighted by molar-refractivity contribution is 0.101. The van der Waals surface area contributed by atoms with Gasteiger partial charge >= 0.3 is 0 Å². The van der Waals surface area contributed by atoms with Gasteiger partial charge in [-0.15, -0.1) is 0 Å². The van der Waals surface area contributed by atoms with Crippen LogP contribution < -0.4 is 0 Å². The zero-order chi connectivity index (χ0) is 11.8. The van der Waals surface area contributed by atoms with E-state index in [0.717, 1.165) is 6.42 Å². The van der Waals surface area contributed by atoms with Crippen molar-refractivity contribution in [1.82, 2.24) is 4.31 Å². The number of Topliss-reactive ketones (excluding diaryl/α,β-unsaturated/α-hetero) is 1. The zero-order valence-electron chi connectivity index (χ0n) is 9.01. The summed E-state index contributed by atoms with van der Waals surface area (Å²) in [6.07, 6.45) is 0.921. The number of ketones is 1. The molecule has 0 N–H and O–H groups in total. The summed E-state index contributed by atoms with van der Waals surface area (Å²) < 4.78 is 25.3. The van der Waals surface area contributed by atoms with Crippen LogP contribution in [0.3, 0.4) is 0 Å². The van der Waals surface area contributed by atoms with E-state index in [1.165, 1.54) is 23.4 Å². The molecular formula is C11H13NO3S. The Morgan fingerprint density at radius 1 is 1.19 bits per heavy atom. The lowest BCUT2D eigenvalue weighted by atomic mass is 10.2. The first kappa shape index (κ1) is 11.3. The van der Waals surface area contributed by atoms with Crippen LogP contribution in [0.2, 0.25) is 0 Å². The van der Waals surface area contributed by atoms with Crippen molar-refractivity contribution in [3.63, 3.8) is 0 Å². The molecule has 0 atom stereocenters. The summed E-state index contributed by atoms with van der Waals surface area (Å²) in [5.74, 6) is -0.0621. The van der Waals surface area contributed by atoms with Crippen molar-refractivity contribution in [2.24, 2.45) is 0 Å². The van der Waals surface area contributed by atoms with Crippen LogP contribution in [0.15, 0.2) is 29.2 Å². The summed E-state index contributed by atoms with van der Waals surface area (Å²) >= 11 is 0. The van der Waals surface area contributed by atoms with Crippen LogP contribution in [0, 0.1) is 0 Å². The first-order valence-corrected chi connectivity index (χ1v) is 6.57. The number of hydrogen-bond donors (Lipinski definition) is 0. The second-order valence-corrected chi connectivity index (χ2v) is 5.78. The van der Waals surface area contributed by atoms with E-state index in [1.807, 2.05) is 0 Å². The van der Waals surface area contributed by atoms with Crippen molar-refractivity contribution in [3.05, 3.63) is 29.8 Å². The average Bonchev–Trinajstić information content (AvgIpc) is 2.14. The fourth-order valence-corrected chi connectivity index (χ4v) is 3.06. The van der Waals surface area contributed by atoms with Gasteiger partial charge in [0, 0.05) is 18.7 Å². The molecule has 0 bridgehead atoms. The fraction of sp³-hybridized carbons (Fsp3) is 0.364. The van der Waals surface area contributed by atoms with Gasteiger partial charge in [0.05, 0.1) is 4.90 Å². The molecule has 1 aromatic rings. The number of rotatable bonds is 3. The van der Waals surface area contributed by atoms with Gasteiger partial charge in [0.25, 0.3) is 0 Å². The monoisotopic (exact) mass is 239 g/mol. The first-order valence-electron chi connectivity index (χ1n) is 5.13. The maximum atomic E-state index is 11.9. The highest BCUT2D eigenvalue weighted by Gasteiger charge is 2.29. The van der Waals surface area contributed by atoms with Crippen molar-refractivity contribution in [1.29, 1.82) is 0 Å². The van der Waals surface area contributed by atoms with E-state index in [1.54, 1.807) is 12.1 Å². The number of hydrogen-bond acceptors (Lipinski definition) is 3.